The molecule has 2 aromatic carbocycles. The van der Waals surface area contributed by atoms with Crippen molar-refractivity contribution in [2.24, 2.45) is 13.0 Å². The third kappa shape index (κ3) is 4.18. The van der Waals surface area contributed by atoms with Gasteiger partial charge in [0.2, 0.25) is 0 Å². The van der Waals surface area contributed by atoms with Crippen LogP contribution in [0.15, 0.2) is 78.2 Å². The number of hydrogen-bond donors (Lipinski definition) is 1. The summed E-state index contributed by atoms with van der Waals surface area (Å²) in [5, 5.41) is 3.84. The maximum Gasteiger partial charge on any atom is 0.262 e. The highest BCUT2D eigenvalue weighted by Crippen LogP contribution is 2.47. The minimum absolute atomic E-state index is 0.0814. The Labute approximate surface area is 184 Å². The summed E-state index contributed by atoms with van der Waals surface area (Å²) in [6.45, 7) is 1.83. The van der Waals surface area contributed by atoms with E-state index in [1.807, 2.05) is 18.2 Å². The lowest BCUT2D eigenvalue weighted by atomic mass is 9.94. The van der Waals surface area contributed by atoms with Gasteiger partial charge in [0.05, 0.1) is 6.33 Å². The predicted octanol–water partition coefficient (Wildman–Crippen LogP) is 2.97. The largest absolute Gasteiger partial charge is 0.339 e. The van der Waals surface area contributed by atoms with Crippen LogP contribution >= 0.6 is 0 Å². The zero-order chi connectivity index (χ0) is 21.4. The van der Waals surface area contributed by atoms with Crippen LogP contribution in [-0.4, -0.2) is 48.0 Å². The van der Waals surface area contributed by atoms with Crippen molar-refractivity contribution in [2.45, 2.75) is 29.3 Å². The molecule has 2 aliphatic rings. The maximum absolute atomic E-state index is 13.2. The van der Waals surface area contributed by atoms with E-state index in [-0.39, 0.29) is 17.0 Å². The van der Waals surface area contributed by atoms with Gasteiger partial charge in [0.25, 0.3) is 10.0 Å². The third-order valence-electron chi connectivity index (χ3n) is 6.59. The Morgan fingerprint density at radius 2 is 1.61 bits per heavy atom. The molecule has 1 saturated carbocycles. The van der Waals surface area contributed by atoms with Crippen molar-refractivity contribution < 1.29 is 8.42 Å². The molecule has 162 valence electrons. The minimum atomic E-state index is -3.61. The van der Waals surface area contributed by atoms with Crippen LogP contribution in [0.5, 0.6) is 0 Å². The van der Waals surface area contributed by atoms with E-state index >= 15 is 0 Å². The molecule has 1 aromatic heterocycles. The molecule has 0 amide bonds. The fourth-order valence-corrected chi connectivity index (χ4v) is 6.21. The number of benzene rings is 2. The first-order valence-electron chi connectivity index (χ1n) is 10.8. The average molecular weight is 437 g/mol. The molecule has 7 heteroatoms. The molecule has 2 unspecified atom stereocenters. The van der Waals surface area contributed by atoms with Crippen molar-refractivity contribution in [2.75, 3.05) is 19.6 Å². The number of sulfonamides is 1. The summed E-state index contributed by atoms with van der Waals surface area (Å²) in [6, 6.07) is 21.0. The molecule has 1 saturated heterocycles. The topological polar surface area (TPSA) is 67.2 Å². The van der Waals surface area contributed by atoms with E-state index in [4.69, 9.17) is 0 Å². The van der Waals surface area contributed by atoms with E-state index in [0.29, 0.717) is 24.9 Å². The SMILES string of the molecule is Cn1cnc(S(=O)(=O)N2C[C@H](NCC3CC3c3ccccc3)[C@@H](c3ccccc3)C2)c1. The quantitative estimate of drug-likeness (QED) is 0.618. The van der Waals surface area contributed by atoms with Gasteiger partial charge in [-0.2, -0.15) is 4.31 Å². The molecular formula is C24H28N4O2S. The molecule has 3 aromatic rings. The lowest BCUT2D eigenvalue weighted by Crippen LogP contribution is -2.38. The van der Waals surface area contributed by atoms with Crippen molar-refractivity contribution in [1.82, 2.24) is 19.2 Å². The highest BCUT2D eigenvalue weighted by molar-refractivity contribution is 7.89. The van der Waals surface area contributed by atoms with E-state index in [2.05, 4.69) is 52.8 Å². The van der Waals surface area contributed by atoms with E-state index in [9.17, 15) is 8.42 Å². The summed E-state index contributed by atoms with van der Waals surface area (Å²) in [5.74, 6) is 1.34. The third-order valence-corrected chi connectivity index (χ3v) is 8.31. The molecule has 0 radical (unpaired) electrons. The molecule has 4 atom stereocenters. The summed E-state index contributed by atoms with van der Waals surface area (Å²) in [7, 11) is -1.82. The number of rotatable bonds is 7. The molecule has 6 nitrogen and oxygen atoms in total. The zero-order valence-corrected chi connectivity index (χ0v) is 18.4. The smallest absolute Gasteiger partial charge is 0.262 e. The van der Waals surface area contributed by atoms with Crippen molar-refractivity contribution in [3.8, 4) is 0 Å². The monoisotopic (exact) mass is 436 g/mol. The Morgan fingerprint density at radius 1 is 0.968 bits per heavy atom. The molecule has 1 aliphatic heterocycles. The normalized spacial score (nSPS) is 26.2. The first-order valence-corrected chi connectivity index (χ1v) is 12.3. The lowest BCUT2D eigenvalue weighted by Gasteiger charge is -2.20. The molecule has 2 fully saturated rings. The number of aromatic nitrogens is 2. The Kier molecular flexibility index (Phi) is 5.42. The summed E-state index contributed by atoms with van der Waals surface area (Å²) < 4.78 is 29.6. The van der Waals surface area contributed by atoms with Gasteiger partial charge in [0.1, 0.15) is 0 Å². The van der Waals surface area contributed by atoms with Gasteiger partial charge in [-0.05, 0) is 35.9 Å². The van der Waals surface area contributed by atoms with Gasteiger partial charge >= 0.3 is 0 Å². The zero-order valence-electron chi connectivity index (χ0n) is 17.6. The molecule has 2 heterocycles. The summed E-state index contributed by atoms with van der Waals surface area (Å²) >= 11 is 0. The average Bonchev–Trinajstić information content (AvgIpc) is 3.20. The van der Waals surface area contributed by atoms with Crippen LogP contribution in [0.1, 0.15) is 29.4 Å². The second-order valence-electron chi connectivity index (χ2n) is 8.74. The van der Waals surface area contributed by atoms with Crippen molar-refractivity contribution in [3.63, 3.8) is 0 Å². The predicted molar refractivity (Wildman–Crippen MR) is 120 cm³/mol. The summed E-state index contributed by atoms with van der Waals surface area (Å²) in [4.78, 5) is 4.10. The summed E-state index contributed by atoms with van der Waals surface area (Å²) in [6.07, 6.45) is 4.29. The minimum Gasteiger partial charge on any atom is -0.339 e. The molecule has 5 rings (SSSR count). The first-order chi connectivity index (χ1) is 15.0. The molecular weight excluding hydrogens is 408 g/mol. The van der Waals surface area contributed by atoms with Crippen LogP contribution in [0.4, 0.5) is 0 Å². The number of nitrogens with one attached hydrogen (secondary N) is 1. The van der Waals surface area contributed by atoms with E-state index < -0.39 is 10.0 Å². The van der Waals surface area contributed by atoms with E-state index in [1.54, 1.807) is 22.1 Å². The van der Waals surface area contributed by atoms with Gasteiger partial charge in [-0.1, -0.05) is 60.7 Å². The molecule has 31 heavy (non-hydrogen) atoms. The Morgan fingerprint density at radius 3 is 2.23 bits per heavy atom. The molecule has 0 spiro atoms. The fraction of sp³-hybridized carbons (Fsp3) is 0.375. The van der Waals surface area contributed by atoms with Crippen LogP contribution in [0.2, 0.25) is 0 Å². The maximum atomic E-state index is 13.2. The van der Waals surface area contributed by atoms with E-state index in [0.717, 1.165) is 6.54 Å². The van der Waals surface area contributed by atoms with Crippen molar-refractivity contribution >= 4 is 10.0 Å². The Bertz CT molecular complexity index is 1130. The van der Waals surface area contributed by atoms with Crippen LogP contribution in [0, 0.1) is 5.92 Å². The molecule has 1 aliphatic carbocycles. The lowest BCUT2D eigenvalue weighted by molar-refractivity contribution is 0.449. The second-order valence-corrected chi connectivity index (χ2v) is 10.6. The number of imidazole rings is 1. The number of hydrogen-bond acceptors (Lipinski definition) is 4. The van der Waals surface area contributed by atoms with E-state index in [1.165, 1.54) is 23.9 Å². The van der Waals surface area contributed by atoms with Crippen molar-refractivity contribution in [3.05, 3.63) is 84.3 Å². The van der Waals surface area contributed by atoms with Crippen molar-refractivity contribution in [1.29, 1.82) is 0 Å². The van der Waals surface area contributed by atoms with Gasteiger partial charge in [-0.25, -0.2) is 13.4 Å². The van der Waals surface area contributed by atoms with Gasteiger partial charge < -0.3 is 9.88 Å². The van der Waals surface area contributed by atoms with Gasteiger partial charge in [-0.3, -0.25) is 0 Å². The van der Waals surface area contributed by atoms with Gasteiger partial charge in [0.15, 0.2) is 5.03 Å². The second kappa shape index (κ2) is 8.22. The number of aryl methyl sites for hydroxylation is 1. The molecule has 0 bridgehead atoms. The first kappa shape index (κ1) is 20.4. The fourth-order valence-electron chi connectivity index (χ4n) is 4.75. The van der Waals surface area contributed by atoms with Crippen LogP contribution in [-0.2, 0) is 17.1 Å². The Balaban J connectivity index is 1.31. The van der Waals surface area contributed by atoms with Crippen LogP contribution in [0.3, 0.4) is 0 Å². The van der Waals surface area contributed by atoms with Crippen LogP contribution < -0.4 is 5.32 Å². The summed E-state index contributed by atoms with van der Waals surface area (Å²) in [5.41, 5.74) is 2.58. The standard InChI is InChI=1S/C24H28N4O2S/c1-27-16-24(26-17-27)31(29,30)28-14-22(19-10-6-3-7-11-19)23(15-28)25-13-20-12-21(20)18-8-4-2-5-9-18/h2-11,16-17,20-23,25H,12-15H2,1H3/t20?,21?,22-,23+/m1/s1. The Hall–Kier alpha value is -2.48. The highest BCUT2D eigenvalue weighted by atomic mass is 32.2. The number of nitrogens with zero attached hydrogens (tertiary/aromatic N) is 3. The van der Waals surface area contributed by atoms with Gasteiger partial charge in [-0.15, -0.1) is 0 Å². The van der Waals surface area contributed by atoms with Gasteiger partial charge in [0, 0.05) is 38.3 Å². The molecule has 1 N–H and O–H groups in total. The van der Waals surface area contributed by atoms with Crippen LogP contribution in [0.25, 0.3) is 0 Å². The highest BCUT2D eigenvalue weighted by Gasteiger charge is 2.43.